The SMILES string of the molecule is O=C(NCCCOCCO)c1cnc(-c2ccsc2)s1. The number of nitrogens with zero attached hydrogens (tertiary/aromatic N) is 1. The van der Waals surface area contributed by atoms with E-state index in [1.54, 1.807) is 17.5 Å². The molecule has 0 spiro atoms. The summed E-state index contributed by atoms with van der Waals surface area (Å²) >= 11 is 3.00. The van der Waals surface area contributed by atoms with Crippen LogP contribution in [0.25, 0.3) is 10.6 Å². The van der Waals surface area contributed by atoms with E-state index in [0.717, 1.165) is 17.0 Å². The Balaban J connectivity index is 1.76. The molecule has 0 radical (unpaired) electrons. The van der Waals surface area contributed by atoms with Crippen LogP contribution in [0.15, 0.2) is 23.0 Å². The van der Waals surface area contributed by atoms with Crippen LogP contribution in [-0.2, 0) is 4.74 Å². The van der Waals surface area contributed by atoms with Crippen molar-refractivity contribution >= 4 is 28.6 Å². The summed E-state index contributed by atoms with van der Waals surface area (Å²) in [5.74, 6) is -0.105. The number of amides is 1. The van der Waals surface area contributed by atoms with Crippen molar-refractivity contribution in [1.82, 2.24) is 10.3 Å². The molecular formula is C13H16N2O3S2. The first-order chi connectivity index (χ1) is 9.81. The monoisotopic (exact) mass is 312 g/mol. The molecule has 0 aliphatic rings. The number of hydrogen-bond donors (Lipinski definition) is 2. The lowest BCUT2D eigenvalue weighted by Crippen LogP contribution is -2.24. The van der Waals surface area contributed by atoms with E-state index in [1.165, 1.54) is 11.3 Å². The number of aliphatic hydroxyl groups excluding tert-OH is 1. The van der Waals surface area contributed by atoms with Crippen LogP contribution < -0.4 is 5.32 Å². The van der Waals surface area contributed by atoms with Crippen molar-refractivity contribution < 1.29 is 14.6 Å². The standard InChI is InChI=1S/C13H16N2O3S2/c16-4-6-18-5-1-3-14-12(17)11-8-15-13(20-11)10-2-7-19-9-10/h2,7-9,16H,1,3-6H2,(H,14,17). The highest BCUT2D eigenvalue weighted by atomic mass is 32.1. The van der Waals surface area contributed by atoms with E-state index < -0.39 is 0 Å². The van der Waals surface area contributed by atoms with Crippen molar-refractivity contribution in [2.75, 3.05) is 26.4 Å². The summed E-state index contributed by atoms with van der Waals surface area (Å²) in [5, 5.41) is 16.2. The number of hydrogen-bond acceptors (Lipinski definition) is 6. The number of thiophene rings is 1. The second kappa shape index (κ2) is 8.11. The fourth-order valence-corrected chi connectivity index (χ4v) is 3.07. The Labute approximate surface area is 125 Å². The third-order valence-corrected chi connectivity index (χ3v) is 4.21. The molecule has 108 valence electrons. The van der Waals surface area contributed by atoms with Crippen LogP contribution in [0.5, 0.6) is 0 Å². The van der Waals surface area contributed by atoms with Crippen molar-refractivity contribution in [3.63, 3.8) is 0 Å². The maximum Gasteiger partial charge on any atom is 0.263 e. The summed E-state index contributed by atoms with van der Waals surface area (Å²) in [6, 6.07) is 1.99. The third-order valence-electron chi connectivity index (χ3n) is 2.48. The molecule has 0 aromatic carbocycles. The lowest BCUT2D eigenvalue weighted by molar-refractivity contribution is 0.0869. The smallest absolute Gasteiger partial charge is 0.263 e. The molecule has 0 saturated heterocycles. The van der Waals surface area contributed by atoms with Gasteiger partial charge in [-0.25, -0.2) is 4.98 Å². The predicted molar refractivity (Wildman–Crippen MR) is 80.3 cm³/mol. The van der Waals surface area contributed by atoms with Gasteiger partial charge in [0.1, 0.15) is 9.88 Å². The maximum absolute atomic E-state index is 11.9. The van der Waals surface area contributed by atoms with Crippen LogP contribution in [0.2, 0.25) is 0 Å². The summed E-state index contributed by atoms with van der Waals surface area (Å²) in [6.45, 7) is 1.45. The average molecular weight is 312 g/mol. The number of carbonyl (C=O) groups excluding carboxylic acids is 1. The Morgan fingerprint density at radius 3 is 3.10 bits per heavy atom. The molecule has 0 aliphatic heterocycles. The van der Waals surface area contributed by atoms with Gasteiger partial charge in [0, 0.05) is 24.1 Å². The van der Waals surface area contributed by atoms with Crippen molar-refractivity contribution in [3.05, 3.63) is 27.9 Å². The van der Waals surface area contributed by atoms with Gasteiger partial charge in [0.15, 0.2) is 0 Å². The fourth-order valence-electron chi connectivity index (χ4n) is 1.53. The van der Waals surface area contributed by atoms with E-state index in [-0.39, 0.29) is 12.5 Å². The number of aromatic nitrogens is 1. The lowest BCUT2D eigenvalue weighted by Gasteiger charge is -2.03. The minimum absolute atomic E-state index is 0.0264. The largest absolute Gasteiger partial charge is 0.394 e. The van der Waals surface area contributed by atoms with Gasteiger partial charge in [-0.1, -0.05) is 0 Å². The number of ether oxygens (including phenoxy) is 1. The van der Waals surface area contributed by atoms with Gasteiger partial charge in [0.25, 0.3) is 5.91 Å². The molecule has 2 aromatic heterocycles. The molecular weight excluding hydrogens is 296 g/mol. The van der Waals surface area contributed by atoms with Crippen molar-refractivity contribution in [3.8, 4) is 10.6 Å². The topological polar surface area (TPSA) is 71.5 Å². The number of thiazole rings is 1. The number of carbonyl (C=O) groups is 1. The van der Waals surface area contributed by atoms with E-state index in [4.69, 9.17) is 9.84 Å². The average Bonchev–Trinajstić information content (AvgIpc) is 3.12. The summed E-state index contributed by atoms with van der Waals surface area (Å²) in [6.07, 6.45) is 2.33. The number of nitrogens with one attached hydrogen (secondary N) is 1. The highest BCUT2D eigenvalue weighted by Gasteiger charge is 2.11. The highest BCUT2D eigenvalue weighted by molar-refractivity contribution is 7.17. The van der Waals surface area contributed by atoms with Gasteiger partial charge in [-0.05, 0) is 17.9 Å². The second-order valence-corrected chi connectivity index (χ2v) is 5.80. The van der Waals surface area contributed by atoms with Crippen LogP contribution >= 0.6 is 22.7 Å². The first kappa shape index (κ1) is 15.1. The van der Waals surface area contributed by atoms with Gasteiger partial charge < -0.3 is 15.2 Å². The Bertz CT molecular complexity index is 525. The molecule has 0 aliphatic carbocycles. The Kier molecular flexibility index (Phi) is 6.13. The van der Waals surface area contributed by atoms with Gasteiger partial charge in [-0.2, -0.15) is 11.3 Å². The minimum Gasteiger partial charge on any atom is -0.394 e. The van der Waals surface area contributed by atoms with Crippen LogP contribution in [0.4, 0.5) is 0 Å². The predicted octanol–water partition coefficient (Wildman–Crippen LogP) is 2.00. The Morgan fingerprint density at radius 1 is 1.45 bits per heavy atom. The third kappa shape index (κ3) is 4.38. The van der Waals surface area contributed by atoms with E-state index >= 15 is 0 Å². The van der Waals surface area contributed by atoms with Crippen LogP contribution in [0.1, 0.15) is 16.1 Å². The summed E-state index contributed by atoms with van der Waals surface area (Å²) in [5.41, 5.74) is 1.05. The molecule has 0 saturated carbocycles. The van der Waals surface area contributed by atoms with E-state index in [2.05, 4.69) is 10.3 Å². The molecule has 1 amide bonds. The van der Waals surface area contributed by atoms with E-state index in [0.29, 0.717) is 24.6 Å². The summed E-state index contributed by atoms with van der Waals surface area (Å²) in [7, 11) is 0. The second-order valence-electron chi connectivity index (χ2n) is 3.99. The molecule has 0 unspecified atom stereocenters. The molecule has 0 bridgehead atoms. The molecule has 2 aromatic rings. The van der Waals surface area contributed by atoms with Gasteiger partial charge in [-0.15, -0.1) is 11.3 Å². The van der Waals surface area contributed by atoms with Crippen LogP contribution in [0, 0.1) is 0 Å². The summed E-state index contributed by atoms with van der Waals surface area (Å²) < 4.78 is 5.11. The number of rotatable bonds is 8. The molecule has 2 heterocycles. The van der Waals surface area contributed by atoms with Crippen LogP contribution in [-0.4, -0.2) is 42.4 Å². The Morgan fingerprint density at radius 2 is 2.35 bits per heavy atom. The minimum atomic E-state index is -0.105. The lowest BCUT2D eigenvalue weighted by atomic mass is 10.4. The maximum atomic E-state index is 11.9. The zero-order chi connectivity index (χ0) is 14.2. The fraction of sp³-hybridized carbons (Fsp3) is 0.385. The normalized spacial score (nSPS) is 10.7. The van der Waals surface area contributed by atoms with Crippen molar-refractivity contribution in [1.29, 1.82) is 0 Å². The van der Waals surface area contributed by atoms with Gasteiger partial charge in [0.05, 0.1) is 19.4 Å². The molecule has 20 heavy (non-hydrogen) atoms. The first-order valence-corrected chi connectivity index (χ1v) is 8.02. The Hall–Kier alpha value is -1.28. The van der Waals surface area contributed by atoms with E-state index in [1.807, 2.05) is 16.8 Å². The summed E-state index contributed by atoms with van der Waals surface area (Å²) in [4.78, 5) is 16.8. The van der Waals surface area contributed by atoms with E-state index in [9.17, 15) is 4.79 Å². The zero-order valence-electron chi connectivity index (χ0n) is 10.9. The first-order valence-electron chi connectivity index (χ1n) is 6.26. The van der Waals surface area contributed by atoms with Gasteiger partial charge >= 0.3 is 0 Å². The molecule has 5 nitrogen and oxygen atoms in total. The zero-order valence-corrected chi connectivity index (χ0v) is 12.5. The molecule has 0 atom stereocenters. The van der Waals surface area contributed by atoms with Crippen molar-refractivity contribution in [2.45, 2.75) is 6.42 Å². The molecule has 2 N–H and O–H groups in total. The van der Waals surface area contributed by atoms with Crippen LogP contribution in [0.3, 0.4) is 0 Å². The molecule has 2 rings (SSSR count). The highest BCUT2D eigenvalue weighted by Crippen LogP contribution is 2.26. The van der Waals surface area contributed by atoms with Crippen molar-refractivity contribution in [2.24, 2.45) is 0 Å². The quantitative estimate of drug-likeness (QED) is 0.731. The number of aliphatic hydroxyl groups is 1. The van der Waals surface area contributed by atoms with Gasteiger partial charge in [-0.3, -0.25) is 4.79 Å². The van der Waals surface area contributed by atoms with Gasteiger partial charge in [0.2, 0.25) is 0 Å². The molecule has 7 heteroatoms. The molecule has 0 fully saturated rings.